The van der Waals surface area contributed by atoms with Crippen LogP contribution in [0.1, 0.15) is 11.3 Å². The van der Waals surface area contributed by atoms with Crippen LogP contribution >= 0.6 is 23.2 Å². The van der Waals surface area contributed by atoms with Gasteiger partial charge in [-0.1, -0.05) is 29.8 Å². The molecule has 0 radical (unpaired) electrons. The Morgan fingerprint density at radius 2 is 2.00 bits per heavy atom. The number of aromatic hydroxyl groups is 1. The molecule has 0 unspecified atom stereocenters. The van der Waals surface area contributed by atoms with Gasteiger partial charge in [-0.05, 0) is 18.2 Å². The molecule has 1 aromatic heterocycles. The predicted octanol–water partition coefficient (Wildman–Crippen LogP) is 3.49. The number of rotatable bonds is 2. The molecule has 17 heavy (non-hydrogen) atoms. The maximum atomic E-state index is 9.43. The molecule has 0 aliphatic rings. The molecule has 5 heteroatoms. The van der Waals surface area contributed by atoms with Crippen molar-refractivity contribution in [2.75, 3.05) is 0 Å². The molecule has 0 saturated carbocycles. The molecule has 2 aromatic rings. The lowest BCUT2D eigenvalue weighted by Gasteiger charge is -2.10. The minimum atomic E-state index is -0.0433. The van der Waals surface area contributed by atoms with Gasteiger partial charge in [0.1, 0.15) is 10.8 Å². The number of hydrogen-bond donors (Lipinski definition) is 1. The Morgan fingerprint density at radius 3 is 2.59 bits per heavy atom. The van der Waals surface area contributed by atoms with E-state index in [4.69, 9.17) is 23.2 Å². The number of phenolic OH excluding ortho intramolecular Hbond substituents is 1. The third-order valence-corrected chi connectivity index (χ3v) is 3.39. The molecular weight excluding hydrogens is 259 g/mol. The van der Waals surface area contributed by atoms with E-state index in [1.165, 1.54) is 6.07 Å². The van der Waals surface area contributed by atoms with E-state index in [9.17, 15) is 5.11 Å². The van der Waals surface area contributed by atoms with E-state index >= 15 is 0 Å². The van der Waals surface area contributed by atoms with Crippen molar-refractivity contribution >= 4 is 28.8 Å². The number of aryl methyl sites for hydroxylation is 1. The maximum Gasteiger partial charge on any atom is 0.135 e. The molecule has 0 saturated heterocycles. The first-order chi connectivity index (χ1) is 8.02. The number of phenols is 1. The maximum absolute atomic E-state index is 9.43. The first-order valence-electron chi connectivity index (χ1n) is 4.87. The van der Waals surface area contributed by atoms with E-state index in [0.717, 1.165) is 5.69 Å². The summed E-state index contributed by atoms with van der Waals surface area (Å²) >= 11 is 12.0. The van der Waals surface area contributed by atoms with Crippen molar-refractivity contribution in [2.24, 2.45) is 7.05 Å². The quantitative estimate of drug-likeness (QED) is 0.906. The summed E-state index contributed by atoms with van der Waals surface area (Å²) < 4.78 is 1.69. The van der Waals surface area contributed by atoms with E-state index in [0.29, 0.717) is 11.1 Å². The lowest BCUT2D eigenvalue weighted by atomic mass is 10.0. The molecule has 0 fully saturated rings. The first kappa shape index (κ1) is 12.0. The Bertz CT molecular complexity index is 590. The zero-order valence-corrected chi connectivity index (χ0v) is 10.6. The van der Waals surface area contributed by atoms with Gasteiger partial charge in [-0.15, -0.1) is 0 Å². The van der Waals surface area contributed by atoms with Crippen molar-refractivity contribution in [3.8, 4) is 5.75 Å². The summed E-state index contributed by atoms with van der Waals surface area (Å²) in [5.41, 5.74) is 2.23. The molecule has 0 spiro atoms. The van der Waals surface area contributed by atoms with Gasteiger partial charge in [-0.25, -0.2) is 0 Å². The van der Waals surface area contributed by atoms with Gasteiger partial charge >= 0.3 is 0 Å². The summed E-state index contributed by atoms with van der Waals surface area (Å²) in [5, 5.41) is 13.9. The fraction of sp³-hybridized carbons (Fsp3) is 0.0833. The van der Waals surface area contributed by atoms with Crippen LogP contribution < -0.4 is 0 Å². The lowest BCUT2D eigenvalue weighted by molar-refractivity contribution is 0.475. The average molecular weight is 269 g/mol. The Hall–Kier alpha value is -1.45. The van der Waals surface area contributed by atoms with Gasteiger partial charge in [0, 0.05) is 24.4 Å². The molecule has 1 aromatic carbocycles. The minimum Gasteiger partial charge on any atom is -0.506 e. The van der Waals surface area contributed by atoms with Crippen LogP contribution in [0.15, 0.2) is 31.0 Å². The van der Waals surface area contributed by atoms with Crippen LogP contribution in [0.2, 0.25) is 10.0 Å². The van der Waals surface area contributed by atoms with E-state index in [1.807, 2.05) is 13.1 Å². The minimum absolute atomic E-state index is 0.0433. The normalized spacial score (nSPS) is 10.5. The zero-order chi connectivity index (χ0) is 12.6. The smallest absolute Gasteiger partial charge is 0.135 e. The number of benzene rings is 1. The molecular formula is C12H10Cl2N2O. The Morgan fingerprint density at radius 1 is 1.29 bits per heavy atom. The molecule has 0 amide bonds. The fourth-order valence-electron chi connectivity index (χ4n) is 1.58. The molecule has 1 heterocycles. The molecule has 0 bridgehead atoms. The second kappa shape index (κ2) is 4.43. The second-order valence-corrected chi connectivity index (χ2v) is 4.33. The van der Waals surface area contributed by atoms with Gasteiger partial charge in [0.05, 0.1) is 10.7 Å². The molecule has 3 nitrogen and oxygen atoms in total. The molecule has 0 atom stereocenters. The molecule has 88 valence electrons. The van der Waals surface area contributed by atoms with Crippen LogP contribution in [-0.2, 0) is 7.05 Å². The number of hydrogen-bond acceptors (Lipinski definition) is 2. The van der Waals surface area contributed by atoms with Crippen molar-refractivity contribution in [3.63, 3.8) is 0 Å². The lowest BCUT2D eigenvalue weighted by Crippen LogP contribution is -1.98. The molecule has 0 aliphatic carbocycles. The van der Waals surface area contributed by atoms with Crippen LogP contribution in [0.4, 0.5) is 0 Å². The Balaban J connectivity index is 2.53. The van der Waals surface area contributed by atoms with Crippen molar-refractivity contribution < 1.29 is 5.11 Å². The Kier molecular flexibility index (Phi) is 3.13. The highest BCUT2D eigenvalue weighted by Gasteiger charge is 2.14. The van der Waals surface area contributed by atoms with Gasteiger partial charge in [0.2, 0.25) is 0 Å². The van der Waals surface area contributed by atoms with Crippen molar-refractivity contribution in [1.29, 1.82) is 0 Å². The van der Waals surface area contributed by atoms with Crippen LogP contribution in [0.5, 0.6) is 5.75 Å². The van der Waals surface area contributed by atoms with Crippen LogP contribution in [0.25, 0.3) is 5.57 Å². The summed E-state index contributed by atoms with van der Waals surface area (Å²) in [6.07, 6.45) is 1.68. The van der Waals surface area contributed by atoms with Gasteiger partial charge in [0.25, 0.3) is 0 Å². The summed E-state index contributed by atoms with van der Waals surface area (Å²) in [6.45, 7) is 3.97. The van der Waals surface area contributed by atoms with Crippen molar-refractivity contribution in [2.45, 2.75) is 0 Å². The molecule has 0 aliphatic heterocycles. The fourth-order valence-corrected chi connectivity index (χ4v) is 2.02. The number of nitrogens with zero attached hydrogens (tertiary/aromatic N) is 2. The highest BCUT2D eigenvalue weighted by molar-refractivity contribution is 6.44. The zero-order valence-electron chi connectivity index (χ0n) is 9.11. The van der Waals surface area contributed by atoms with Gasteiger partial charge < -0.3 is 5.11 Å². The van der Waals surface area contributed by atoms with Gasteiger partial charge in [-0.2, -0.15) is 5.10 Å². The van der Waals surface area contributed by atoms with Gasteiger partial charge in [-0.3, -0.25) is 4.68 Å². The van der Waals surface area contributed by atoms with Crippen LogP contribution in [0, 0.1) is 0 Å². The topological polar surface area (TPSA) is 38.1 Å². The summed E-state index contributed by atoms with van der Waals surface area (Å²) in [5.74, 6) is -0.0433. The SMILES string of the molecule is C=C(c1ccc(O)c(Cl)c1Cl)c1ccnn1C. The van der Waals surface area contributed by atoms with E-state index < -0.39 is 0 Å². The first-order valence-corrected chi connectivity index (χ1v) is 5.62. The summed E-state index contributed by atoms with van der Waals surface area (Å²) in [7, 11) is 1.82. The standard InChI is InChI=1S/C12H10Cl2N2O/c1-7(9-5-6-15-16(9)2)8-3-4-10(17)12(14)11(8)13/h3-6,17H,1H2,2H3. The average Bonchev–Trinajstić information content (AvgIpc) is 2.72. The Labute approximate surface area is 109 Å². The van der Waals surface area contributed by atoms with E-state index in [2.05, 4.69) is 11.7 Å². The highest BCUT2D eigenvalue weighted by Crippen LogP contribution is 2.37. The highest BCUT2D eigenvalue weighted by atomic mass is 35.5. The summed E-state index contributed by atoms with van der Waals surface area (Å²) in [6, 6.07) is 5.00. The van der Waals surface area contributed by atoms with Crippen LogP contribution in [-0.4, -0.2) is 14.9 Å². The van der Waals surface area contributed by atoms with Crippen molar-refractivity contribution in [1.82, 2.24) is 9.78 Å². The second-order valence-electron chi connectivity index (χ2n) is 3.58. The largest absolute Gasteiger partial charge is 0.506 e. The number of halogens is 2. The van der Waals surface area contributed by atoms with Crippen molar-refractivity contribution in [3.05, 3.63) is 52.3 Å². The summed E-state index contributed by atoms with van der Waals surface area (Å²) in [4.78, 5) is 0. The van der Waals surface area contributed by atoms with E-state index in [1.54, 1.807) is 16.9 Å². The molecule has 1 N–H and O–H groups in total. The van der Waals surface area contributed by atoms with E-state index in [-0.39, 0.29) is 15.8 Å². The molecule has 2 rings (SSSR count). The van der Waals surface area contributed by atoms with Gasteiger partial charge in [0.15, 0.2) is 0 Å². The monoisotopic (exact) mass is 268 g/mol. The number of aromatic nitrogens is 2. The predicted molar refractivity (Wildman–Crippen MR) is 69.5 cm³/mol. The third kappa shape index (κ3) is 2.04. The van der Waals surface area contributed by atoms with Crippen LogP contribution in [0.3, 0.4) is 0 Å². The third-order valence-electron chi connectivity index (χ3n) is 2.52.